The molecule has 0 aliphatic carbocycles. The molecule has 0 fully saturated rings. The largest absolute Gasteiger partial charge is 0.348 e. The van der Waals surface area contributed by atoms with Crippen molar-refractivity contribution in [3.8, 4) is 0 Å². The Morgan fingerprint density at radius 1 is 1.17 bits per heavy atom. The molecule has 0 amide bonds. The van der Waals surface area contributed by atoms with Crippen LogP contribution in [0.4, 0.5) is 0 Å². The van der Waals surface area contributed by atoms with Crippen molar-refractivity contribution >= 4 is 0 Å². The van der Waals surface area contributed by atoms with E-state index in [0.29, 0.717) is 5.92 Å². The molecule has 18 heavy (non-hydrogen) atoms. The first-order chi connectivity index (χ1) is 8.74. The van der Waals surface area contributed by atoms with Crippen molar-refractivity contribution in [1.29, 1.82) is 0 Å². The summed E-state index contributed by atoms with van der Waals surface area (Å²) in [6, 6.07) is 6.04. The lowest BCUT2D eigenvalue weighted by atomic mass is 10.2. The van der Waals surface area contributed by atoms with E-state index in [1.165, 1.54) is 0 Å². The predicted molar refractivity (Wildman–Crippen MR) is 71.8 cm³/mol. The van der Waals surface area contributed by atoms with Crippen molar-refractivity contribution < 1.29 is 0 Å². The van der Waals surface area contributed by atoms with Gasteiger partial charge in [0.05, 0.1) is 12.2 Å². The molecule has 4 heteroatoms. The summed E-state index contributed by atoms with van der Waals surface area (Å²) in [4.78, 5) is 14.2. The van der Waals surface area contributed by atoms with Gasteiger partial charge in [-0.05, 0) is 18.1 Å². The molecule has 0 bridgehead atoms. The first-order valence-corrected chi connectivity index (χ1v) is 6.34. The normalized spacial score (nSPS) is 11.3. The van der Waals surface area contributed by atoms with E-state index in [4.69, 9.17) is 0 Å². The van der Waals surface area contributed by atoms with E-state index >= 15 is 0 Å². The van der Waals surface area contributed by atoms with Gasteiger partial charge in [-0.1, -0.05) is 19.9 Å². The fraction of sp³-hybridized carbons (Fsp3) is 0.429. The molecular weight excluding hydrogens is 224 g/mol. The van der Waals surface area contributed by atoms with Gasteiger partial charge in [-0.25, -0.2) is 4.98 Å². The van der Waals surface area contributed by atoms with Crippen LogP contribution < -0.4 is 0 Å². The van der Waals surface area contributed by atoms with E-state index in [1.54, 1.807) is 6.20 Å². The van der Waals surface area contributed by atoms with E-state index in [9.17, 15) is 0 Å². The molecule has 0 aromatic carbocycles. The smallest absolute Gasteiger partial charge is 0.120 e. The molecule has 0 unspecified atom stereocenters. The van der Waals surface area contributed by atoms with Crippen LogP contribution in [0.15, 0.2) is 36.8 Å². The molecule has 2 rings (SSSR count). The van der Waals surface area contributed by atoms with E-state index in [0.717, 1.165) is 31.2 Å². The minimum Gasteiger partial charge on any atom is -0.348 e. The van der Waals surface area contributed by atoms with Gasteiger partial charge in [0.15, 0.2) is 0 Å². The molecule has 4 nitrogen and oxygen atoms in total. The summed E-state index contributed by atoms with van der Waals surface area (Å²) in [7, 11) is 0. The second-order valence-corrected chi connectivity index (χ2v) is 4.92. The van der Waals surface area contributed by atoms with Crippen molar-refractivity contribution in [1.82, 2.24) is 19.9 Å². The van der Waals surface area contributed by atoms with Crippen molar-refractivity contribution in [2.24, 2.45) is 5.92 Å². The fourth-order valence-electron chi connectivity index (χ4n) is 2.02. The van der Waals surface area contributed by atoms with Crippen molar-refractivity contribution in [2.45, 2.75) is 26.9 Å². The van der Waals surface area contributed by atoms with Crippen LogP contribution in [0.2, 0.25) is 0 Å². The number of nitrogens with zero attached hydrogens (tertiary/aromatic N) is 3. The number of pyridine rings is 1. The Hall–Kier alpha value is -1.68. The van der Waals surface area contributed by atoms with Gasteiger partial charge in [-0.2, -0.15) is 0 Å². The fourth-order valence-corrected chi connectivity index (χ4v) is 2.02. The number of nitrogens with one attached hydrogen (secondary N) is 1. The number of H-pyrrole nitrogens is 1. The van der Waals surface area contributed by atoms with Gasteiger partial charge in [0.25, 0.3) is 0 Å². The Labute approximate surface area is 108 Å². The van der Waals surface area contributed by atoms with Crippen molar-refractivity contribution in [2.75, 3.05) is 6.54 Å². The third-order valence-electron chi connectivity index (χ3n) is 2.66. The van der Waals surface area contributed by atoms with Gasteiger partial charge in [-0.3, -0.25) is 9.88 Å². The number of aromatic nitrogens is 3. The maximum atomic E-state index is 4.38. The maximum absolute atomic E-state index is 4.38. The molecule has 2 aromatic rings. The van der Waals surface area contributed by atoms with Gasteiger partial charge < -0.3 is 4.98 Å². The van der Waals surface area contributed by atoms with Crippen molar-refractivity contribution in [3.05, 3.63) is 48.3 Å². The average Bonchev–Trinajstić information content (AvgIpc) is 2.82. The van der Waals surface area contributed by atoms with Crippen LogP contribution in [0.5, 0.6) is 0 Å². The summed E-state index contributed by atoms with van der Waals surface area (Å²) >= 11 is 0. The third-order valence-corrected chi connectivity index (χ3v) is 2.66. The highest BCUT2D eigenvalue weighted by Gasteiger charge is 2.10. The van der Waals surface area contributed by atoms with Gasteiger partial charge in [0.2, 0.25) is 0 Å². The van der Waals surface area contributed by atoms with Crippen molar-refractivity contribution in [3.63, 3.8) is 0 Å². The summed E-state index contributed by atoms with van der Waals surface area (Å²) in [5.41, 5.74) is 1.10. The minimum absolute atomic E-state index is 0.628. The van der Waals surface area contributed by atoms with E-state index in [-0.39, 0.29) is 0 Å². The van der Waals surface area contributed by atoms with Crippen LogP contribution in [0.1, 0.15) is 25.4 Å². The molecule has 0 saturated carbocycles. The van der Waals surface area contributed by atoms with Gasteiger partial charge in [0, 0.05) is 31.7 Å². The maximum Gasteiger partial charge on any atom is 0.120 e. The second kappa shape index (κ2) is 6.31. The number of rotatable bonds is 6. The van der Waals surface area contributed by atoms with Crippen LogP contribution >= 0.6 is 0 Å². The van der Waals surface area contributed by atoms with E-state index in [2.05, 4.69) is 39.8 Å². The minimum atomic E-state index is 0.628. The summed E-state index contributed by atoms with van der Waals surface area (Å²) in [5.74, 6) is 1.63. The van der Waals surface area contributed by atoms with Crippen LogP contribution in [0, 0.1) is 5.92 Å². The molecule has 0 aliphatic rings. The summed E-state index contributed by atoms with van der Waals surface area (Å²) < 4.78 is 0. The number of hydrogen-bond donors (Lipinski definition) is 1. The molecule has 0 saturated heterocycles. The molecule has 2 aromatic heterocycles. The lowest BCUT2D eigenvalue weighted by molar-refractivity contribution is 0.220. The standard InChI is InChI=1S/C14H20N4/c1-12(2)9-18(11-14-16-7-8-17-14)10-13-5-3-4-6-15-13/h3-8,12H,9-11H2,1-2H3,(H,16,17). The lowest BCUT2D eigenvalue weighted by Gasteiger charge is -2.22. The lowest BCUT2D eigenvalue weighted by Crippen LogP contribution is -2.27. The monoisotopic (exact) mass is 244 g/mol. The molecule has 0 atom stereocenters. The zero-order valence-corrected chi connectivity index (χ0v) is 11.0. The Balaban J connectivity index is 2.01. The Bertz CT molecular complexity index is 436. The third kappa shape index (κ3) is 3.96. The molecule has 0 spiro atoms. The number of hydrogen-bond acceptors (Lipinski definition) is 3. The molecular formula is C14H20N4. The van der Waals surface area contributed by atoms with E-state index < -0.39 is 0 Å². The number of aromatic amines is 1. The Kier molecular flexibility index (Phi) is 4.47. The van der Waals surface area contributed by atoms with Crippen LogP contribution in [-0.4, -0.2) is 26.4 Å². The van der Waals surface area contributed by atoms with Gasteiger partial charge >= 0.3 is 0 Å². The highest BCUT2D eigenvalue weighted by Crippen LogP contribution is 2.08. The molecule has 96 valence electrons. The van der Waals surface area contributed by atoms with Crippen LogP contribution in [0.3, 0.4) is 0 Å². The average molecular weight is 244 g/mol. The second-order valence-electron chi connectivity index (χ2n) is 4.92. The summed E-state index contributed by atoms with van der Waals surface area (Å²) in [5, 5.41) is 0. The zero-order chi connectivity index (χ0) is 12.8. The van der Waals surface area contributed by atoms with Crippen LogP contribution in [0.25, 0.3) is 0 Å². The quantitative estimate of drug-likeness (QED) is 0.849. The highest BCUT2D eigenvalue weighted by molar-refractivity contribution is 5.03. The van der Waals surface area contributed by atoms with Crippen LogP contribution in [-0.2, 0) is 13.1 Å². The zero-order valence-electron chi connectivity index (χ0n) is 11.0. The highest BCUT2D eigenvalue weighted by atomic mass is 15.2. The first-order valence-electron chi connectivity index (χ1n) is 6.34. The summed E-state index contributed by atoms with van der Waals surface area (Å²) in [6.45, 7) is 7.19. The van der Waals surface area contributed by atoms with E-state index in [1.807, 2.05) is 24.5 Å². The molecule has 2 heterocycles. The Morgan fingerprint density at radius 2 is 2.06 bits per heavy atom. The molecule has 0 aliphatic heterocycles. The SMILES string of the molecule is CC(C)CN(Cc1ccccn1)Cc1ncc[nH]1. The Morgan fingerprint density at radius 3 is 2.67 bits per heavy atom. The predicted octanol–water partition coefficient (Wildman–Crippen LogP) is 2.46. The first kappa shape index (κ1) is 12.8. The topological polar surface area (TPSA) is 44.8 Å². The van der Waals surface area contributed by atoms with Gasteiger partial charge in [0.1, 0.15) is 5.82 Å². The summed E-state index contributed by atoms with van der Waals surface area (Å²) in [6.07, 6.45) is 5.50. The van der Waals surface area contributed by atoms with Gasteiger partial charge in [-0.15, -0.1) is 0 Å². The molecule has 0 radical (unpaired) electrons. The molecule has 1 N–H and O–H groups in total. The number of imidazole rings is 1.